The van der Waals surface area contributed by atoms with Crippen LogP contribution in [0.25, 0.3) is 0 Å². The smallest absolute Gasteiger partial charge is 0.288 e. The zero-order valence-electron chi connectivity index (χ0n) is 10.8. The summed E-state index contributed by atoms with van der Waals surface area (Å²) in [4.78, 5) is 22.2. The van der Waals surface area contributed by atoms with Crippen LogP contribution in [0.5, 0.6) is 0 Å². The number of carbonyl (C=O) groups is 1. The van der Waals surface area contributed by atoms with Gasteiger partial charge in [-0.05, 0) is 42.4 Å². The van der Waals surface area contributed by atoms with Crippen LogP contribution in [0.4, 0.5) is 5.69 Å². The van der Waals surface area contributed by atoms with E-state index < -0.39 is 4.92 Å². The summed E-state index contributed by atoms with van der Waals surface area (Å²) in [6.07, 6.45) is 2.21. The molecule has 7 heteroatoms. The van der Waals surface area contributed by atoms with Gasteiger partial charge in [0.05, 0.1) is 4.92 Å². The average Bonchev–Trinajstić information content (AvgIpc) is 2.46. The van der Waals surface area contributed by atoms with Crippen molar-refractivity contribution in [2.24, 2.45) is 5.92 Å². The summed E-state index contributed by atoms with van der Waals surface area (Å²) in [5.41, 5.74) is 0.0275. The molecule has 0 radical (unpaired) electrons. The normalized spacial score (nSPS) is 15.8. The highest BCUT2D eigenvalue weighted by atomic mass is 35.5. The van der Waals surface area contributed by atoms with Crippen LogP contribution in [-0.2, 0) is 0 Å². The van der Waals surface area contributed by atoms with Gasteiger partial charge in [-0.1, -0.05) is 11.6 Å². The molecule has 1 aromatic rings. The van der Waals surface area contributed by atoms with Gasteiger partial charge in [0.25, 0.3) is 11.6 Å². The van der Waals surface area contributed by atoms with E-state index in [1.807, 2.05) is 11.8 Å². The maximum absolute atomic E-state index is 12.0. The standard InChI is InChI=1S/C13H15ClN2O3S/c14-11-2-1-10(7-12(11)16(18)19)13(17)15-8-9-3-5-20-6-4-9/h1-2,7,9H,3-6,8H2,(H,15,17). The van der Waals surface area contributed by atoms with Gasteiger partial charge in [-0.2, -0.15) is 11.8 Å². The largest absolute Gasteiger partial charge is 0.352 e. The minimum absolute atomic E-state index is 0.0378. The Morgan fingerprint density at radius 1 is 1.45 bits per heavy atom. The molecule has 1 amide bonds. The molecular formula is C13H15ClN2O3S. The number of rotatable bonds is 4. The number of nitro groups is 1. The van der Waals surface area contributed by atoms with E-state index in [2.05, 4.69) is 5.32 Å². The Labute approximate surface area is 126 Å². The summed E-state index contributed by atoms with van der Waals surface area (Å²) in [5, 5.41) is 13.7. The first-order chi connectivity index (χ1) is 9.58. The van der Waals surface area contributed by atoms with Gasteiger partial charge in [-0.15, -0.1) is 0 Å². The Kier molecular flexibility index (Phi) is 5.25. The van der Waals surface area contributed by atoms with Crippen molar-refractivity contribution in [2.75, 3.05) is 18.1 Å². The summed E-state index contributed by atoms with van der Waals surface area (Å²) in [7, 11) is 0. The van der Waals surface area contributed by atoms with Crippen molar-refractivity contribution >= 4 is 35.0 Å². The number of hydrogen-bond acceptors (Lipinski definition) is 4. The number of benzene rings is 1. The van der Waals surface area contributed by atoms with E-state index >= 15 is 0 Å². The molecule has 108 valence electrons. The molecule has 20 heavy (non-hydrogen) atoms. The van der Waals surface area contributed by atoms with Gasteiger partial charge in [0.15, 0.2) is 0 Å². The summed E-state index contributed by atoms with van der Waals surface area (Å²) in [6.45, 7) is 0.621. The molecule has 2 rings (SSSR count). The van der Waals surface area contributed by atoms with Crippen molar-refractivity contribution in [3.05, 3.63) is 38.9 Å². The molecule has 0 saturated carbocycles. The second-order valence-corrected chi connectivity index (χ2v) is 6.32. The summed E-state index contributed by atoms with van der Waals surface area (Å²) in [5.74, 6) is 2.48. The third-order valence-corrected chi connectivity index (χ3v) is 4.67. The van der Waals surface area contributed by atoms with E-state index in [1.54, 1.807) is 0 Å². The van der Waals surface area contributed by atoms with Crippen LogP contribution in [0, 0.1) is 16.0 Å². The fraction of sp³-hybridized carbons (Fsp3) is 0.462. The Morgan fingerprint density at radius 3 is 2.80 bits per heavy atom. The second kappa shape index (κ2) is 6.95. The predicted octanol–water partition coefficient (Wildman–Crippen LogP) is 3.12. The van der Waals surface area contributed by atoms with Crippen molar-refractivity contribution in [3.8, 4) is 0 Å². The minimum Gasteiger partial charge on any atom is -0.352 e. The molecule has 0 aromatic heterocycles. The molecule has 1 N–H and O–H groups in total. The maximum atomic E-state index is 12.0. The van der Waals surface area contributed by atoms with E-state index in [4.69, 9.17) is 11.6 Å². The molecule has 0 atom stereocenters. The van der Waals surface area contributed by atoms with Crippen LogP contribution < -0.4 is 5.32 Å². The van der Waals surface area contributed by atoms with Crippen molar-refractivity contribution in [2.45, 2.75) is 12.8 Å². The van der Waals surface area contributed by atoms with Gasteiger partial charge >= 0.3 is 0 Å². The fourth-order valence-corrected chi connectivity index (χ4v) is 3.47. The van der Waals surface area contributed by atoms with Crippen molar-refractivity contribution in [1.29, 1.82) is 0 Å². The fourth-order valence-electron chi connectivity index (χ4n) is 2.08. The highest BCUT2D eigenvalue weighted by Gasteiger charge is 2.18. The van der Waals surface area contributed by atoms with E-state index in [1.165, 1.54) is 18.2 Å². The van der Waals surface area contributed by atoms with Gasteiger partial charge in [0, 0.05) is 18.2 Å². The van der Waals surface area contributed by atoms with Crippen molar-refractivity contribution in [3.63, 3.8) is 0 Å². The monoisotopic (exact) mass is 314 g/mol. The van der Waals surface area contributed by atoms with Crippen LogP contribution in [0.2, 0.25) is 5.02 Å². The van der Waals surface area contributed by atoms with Crippen LogP contribution >= 0.6 is 23.4 Å². The molecule has 5 nitrogen and oxygen atoms in total. The highest BCUT2D eigenvalue weighted by molar-refractivity contribution is 7.99. The zero-order chi connectivity index (χ0) is 14.5. The number of amides is 1. The lowest BCUT2D eigenvalue weighted by atomic mass is 10.0. The lowest BCUT2D eigenvalue weighted by Gasteiger charge is -2.21. The number of nitro benzene ring substituents is 1. The Hall–Kier alpha value is -1.27. The molecule has 1 aliphatic rings. The molecular weight excluding hydrogens is 300 g/mol. The molecule has 0 unspecified atom stereocenters. The first-order valence-electron chi connectivity index (χ1n) is 6.38. The van der Waals surface area contributed by atoms with Crippen molar-refractivity contribution < 1.29 is 9.72 Å². The lowest BCUT2D eigenvalue weighted by molar-refractivity contribution is -0.384. The molecule has 1 saturated heterocycles. The molecule has 1 aliphatic heterocycles. The molecule has 1 heterocycles. The van der Waals surface area contributed by atoms with E-state index in [-0.39, 0.29) is 22.2 Å². The van der Waals surface area contributed by atoms with Gasteiger partial charge in [0.1, 0.15) is 5.02 Å². The minimum atomic E-state index is -0.586. The van der Waals surface area contributed by atoms with E-state index in [0.717, 1.165) is 24.3 Å². The number of halogens is 1. The number of thioether (sulfide) groups is 1. The van der Waals surface area contributed by atoms with Crippen LogP contribution in [0.1, 0.15) is 23.2 Å². The second-order valence-electron chi connectivity index (χ2n) is 4.69. The topological polar surface area (TPSA) is 72.2 Å². The quantitative estimate of drug-likeness (QED) is 0.684. The molecule has 0 aliphatic carbocycles. The maximum Gasteiger partial charge on any atom is 0.288 e. The third-order valence-electron chi connectivity index (χ3n) is 3.30. The Morgan fingerprint density at radius 2 is 2.15 bits per heavy atom. The van der Waals surface area contributed by atoms with Gasteiger partial charge in [-0.3, -0.25) is 14.9 Å². The Bertz CT molecular complexity index is 518. The SMILES string of the molecule is O=C(NCC1CCSCC1)c1ccc(Cl)c([N+](=O)[O-])c1. The van der Waals surface area contributed by atoms with Gasteiger partial charge in [-0.25, -0.2) is 0 Å². The molecule has 1 aromatic carbocycles. The van der Waals surface area contributed by atoms with Crippen LogP contribution in [0.15, 0.2) is 18.2 Å². The highest BCUT2D eigenvalue weighted by Crippen LogP contribution is 2.25. The molecule has 0 spiro atoms. The summed E-state index contributed by atoms with van der Waals surface area (Å²) in [6, 6.07) is 4.10. The van der Waals surface area contributed by atoms with E-state index in [9.17, 15) is 14.9 Å². The number of carbonyl (C=O) groups excluding carboxylic acids is 1. The van der Waals surface area contributed by atoms with E-state index in [0.29, 0.717) is 12.5 Å². The number of hydrogen-bond donors (Lipinski definition) is 1. The lowest BCUT2D eigenvalue weighted by Crippen LogP contribution is -2.31. The molecule has 0 bridgehead atoms. The third kappa shape index (κ3) is 3.86. The average molecular weight is 315 g/mol. The van der Waals surface area contributed by atoms with Crippen LogP contribution in [0.3, 0.4) is 0 Å². The van der Waals surface area contributed by atoms with Gasteiger partial charge < -0.3 is 5.32 Å². The molecule has 1 fully saturated rings. The first kappa shape index (κ1) is 15.1. The van der Waals surface area contributed by atoms with Gasteiger partial charge in [0.2, 0.25) is 0 Å². The summed E-state index contributed by atoms with van der Waals surface area (Å²) >= 11 is 7.65. The Balaban J connectivity index is 1.98. The number of nitrogens with one attached hydrogen (secondary N) is 1. The first-order valence-corrected chi connectivity index (χ1v) is 7.91. The van der Waals surface area contributed by atoms with Crippen LogP contribution in [-0.4, -0.2) is 28.9 Å². The summed E-state index contributed by atoms with van der Waals surface area (Å²) < 4.78 is 0. The van der Waals surface area contributed by atoms with Crippen molar-refractivity contribution in [1.82, 2.24) is 5.32 Å². The zero-order valence-corrected chi connectivity index (χ0v) is 12.4. The number of nitrogens with zero attached hydrogens (tertiary/aromatic N) is 1. The predicted molar refractivity (Wildman–Crippen MR) is 80.5 cm³/mol.